The number of hydrogen-bond donors (Lipinski definition) is 1. The Labute approximate surface area is 200 Å². The third-order valence-electron chi connectivity index (χ3n) is 5.95. The molecule has 1 aliphatic carbocycles. The predicted molar refractivity (Wildman–Crippen MR) is 128 cm³/mol. The van der Waals surface area contributed by atoms with Crippen molar-refractivity contribution in [2.24, 2.45) is 0 Å². The predicted octanol–water partition coefficient (Wildman–Crippen LogP) is 5.41. The first kappa shape index (κ1) is 24.4. The summed E-state index contributed by atoms with van der Waals surface area (Å²) in [6.07, 6.45) is 5.10. The Morgan fingerprint density at radius 2 is 1.72 bits per heavy atom. The molecule has 32 heavy (non-hydrogen) atoms. The van der Waals surface area contributed by atoms with Crippen molar-refractivity contribution < 1.29 is 14.3 Å². The van der Waals surface area contributed by atoms with Crippen LogP contribution < -0.4 is 10.1 Å². The minimum absolute atomic E-state index is 0.120. The maximum atomic E-state index is 13.2. The summed E-state index contributed by atoms with van der Waals surface area (Å²) in [5.74, 6) is 0.115. The largest absolute Gasteiger partial charge is 0.484 e. The van der Waals surface area contributed by atoms with Crippen LogP contribution in [-0.4, -0.2) is 35.4 Å². The Balaban J connectivity index is 1.74. The van der Waals surface area contributed by atoms with E-state index >= 15 is 0 Å². The maximum absolute atomic E-state index is 13.2. The normalized spacial score (nSPS) is 14.8. The number of carbonyl (C=O) groups is 2. The van der Waals surface area contributed by atoms with Gasteiger partial charge in [0.15, 0.2) is 6.61 Å². The quantitative estimate of drug-likeness (QED) is 0.526. The van der Waals surface area contributed by atoms with Crippen LogP contribution in [0.15, 0.2) is 42.5 Å². The lowest BCUT2D eigenvalue weighted by Gasteiger charge is -2.30. The molecule has 0 saturated heterocycles. The van der Waals surface area contributed by atoms with Gasteiger partial charge in [-0.2, -0.15) is 0 Å². The van der Waals surface area contributed by atoms with Crippen molar-refractivity contribution >= 4 is 35.0 Å². The molecule has 1 N–H and O–H groups in total. The topological polar surface area (TPSA) is 58.6 Å². The number of halogens is 2. The summed E-state index contributed by atoms with van der Waals surface area (Å²) in [7, 11) is 0. The van der Waals surface area contributed by atoms with Crippen LogP contribution in [0.4, 0.5) is 0 Å². The third kappa shape index (κ3) is 6.39. The van der Waals surface area contributed by atoms with Crippen molar-refractivity contribution in [1.29, 1.82) is 0 Å². The van der Waals surface area contributed by atoms with Gasteiger partial charge in [0.1, 0.15) is 11.8 Å². The van der Waals surface area contributed by atoms with Crippen molar-refractivity contribution in [3.8, 4) is 5.75 Å². The first-order valence-corrected chi connectivity index (χ1v) is 11.9. The van der Waals surface area contributed by atoms with Crippen LogP contribution in [0.3, 0.4) is 0 Å². The Morgan fingerprint density at radius 1 is 1.09 bits per heavy atom. The molecule has 7 heteroatoms. The van der Waals surface area contributed by atoms with Gasteiger partial charge in [0.25, 0.3) is 5.91 Å². The van der Waals surface area contributed by atoms with E-state index in [4.69, 9.17) is 27.9 Å². The molecule has 0 radical (unpaired) electrons. The Morgan fingerprint density at radius 3 is 2.31 bits per heavy atom. The van der Waals surface area contributed by atoms with E-state index in [0.717, 1.165) is 32.1 Å². The highest BCUT2D eigenvalue weighted by molar-refractivity contribution is 6.36. The average Bonchev–Trinajstić information content (AvgIpc) is 3.30. The van der Waals surface area contributed by atoms with Crippen LogP contribution in [0.1, 0.15) is 50.7 Å². The molecule has 1 saturated carbocycles. The molecule has 0 aliphatic heterocycles. The minimum atomic E-state index is -0.693. The summed E-state index contributed by atoms with van der Waals surface area (Å²) in [4.78, 5) is 27.6. The number of rotatable bonds is 9. The van der Waals surface area contributed by atoms with Gasteiger partial charge in [-0.3, -0.25) is 9.59 Å². The monoisotopic (exact) mass is 476 g/mol. The van der Waals surface area contributed by atoms with Crippen LogP contribution >= 0.6 is 23.2 Å². The standard InChI is InChI=1S/C25H30Cl2N2O3/c1-3-18-11-13-20(14-12-18)32-16-24(30)29(15-21-22(26)9-6-10-23(21)27)17(2)25(31)28-19-7-4-5-8-19/h6,9-14,17,19H,3-5,7-8,15-16H2,1-2H3,(H,28,31)/t17-/m0/s1. The van der Waals surface area contributed by atoms with E-state index in [2.05, 4.69) is 12.2 Å². The van der Waals surface area contributed by atoms with Crippen molar-refractivity contribution in [2.75, 3.05) is 6.61 Å². The Bertz CT molecular complexity index is 907. The van der Waals surface area contributed by atoms with E-state index in [9.17, 15) is 9.59 Å². The number of carbonyl (C=O) groups excluding carboxylic acids is 2. The lowest BCUT2D eigenvalue weighted by molar-refractivity contribution is -0.142. The van der Waals surface area contributed by atoms with Crippen LogP contribution in [0.2, 0.25) is 10.0 Å². The lowest BCUT2D eigenvalue weighted by atomic mass is 10.1. The molecular formula is C25H30Cl2N2O3. The highest BCUT2D eigenvalue weighted by Gasteiger charge is 2.29. The smallest absolute Gasteiger partial charge is 0.261 e. The van der Waals surface area contributed by atoms with Crippen LogP contribution in [0.5, 0.6) is 5.75 Å². The SMILES string of the molecule is CCc1ccc(OCC(=O)N(Cc2c(Cl)cccc2Cl)[C@@H](C)C(=O)NC2CCCC2)cc1. The van der Waals surface area contributed by atoms with Gasteiger partial charge < -0.3 is 15.0 Å². The van der Waals surface area contributed by atoms with Crippen molar-refractivity contribution in [3.63, 3.8) is 0 Å². The van der Waals surface area contributed by atoms with Gasteiger partial charge in [-0.15, -0.1) is 0 Å². The zero-order valence-corrected chi connectivity index (χ0v) is 20.1. The summed E-state index contributed by atoms with van der Waals surface area (Å²) in [5.41, 5.74) is 1.80. The molecule has 1 aliphatic rings. The van der Waals surface area contributed by atoms with E-state index in [1.807, 2.05) is 24.3 Å². The fourth-order valence-corrected chi connectivity index (χ4v) is 4.39. The zero-order valence-electron chi connectivity index (χ0n) is 18.6. The molecule has 2 aromatic carbocycles. The van der Waals surface area contributed by atoms with Gasteiger partial charge in [-0.05, 0) is 56.0 Å². The lowest BCUT2D eigenvalue weighted by Crippen LogP contribution is -2.50. The fourth-order valence-electron chi connectivity index (χ4n) is 3.88. The second-order valence-electron chi connectivity index (χ2n) is 8.17. The molecule has 0 spiro atoms. The fraction of sp³-hybridized carbons (Fsp3) is 0.440. The molecule has 5 nitrogen and oxygen atoms in total. The van der Waals surface area contributed by atoms with E-state index < -0.39 is 6.04 Å². The molecule has 2 aromatic rings. The van der Waals surface area contributed by atoms with Gasteiger partial charge in [0.05, 0.1) is 0 Å². The number of benzene rings is 2. The number of nitrogens with zero attached hydrogens (tertiary/aromatic N) is 1. The zero-order chi connectivity index (χ0) is 23.1. The van der Waals surface area contributed by atoms with E-state index in [-0.39, 0.29) is 31.0 Å². The van der Waals surface area contributed by atoms with Crippen molar-refractivity contribution in [1.82, 2.24) is 10.2 Å². The first-order chi connectivity index (χ1) is 15.4. The van der Waals surface area contributed by atoms with E-state index in [1.54, 1.807) is 25.1 Å². The van der Waals surface area contributed by atoms with Crippen molar-refractivity contribution in [2.45, 2.75) is 64.6 Å². The third-order valence-corrected chi connectivity index (χ3v) is 6.66. The number of hydrogen-bond acceptors (Lipinski definition) is 3. The molecule has 3 rings (SSSR count). The average molecular weight is 477 g/mol. The molecule has 2 amide bonds. The molecular weight excluding hydrogens is 447 g/mol. The van der Waals surface area contributed by atoms with Gasteiger partial charge in [0, 0.05) is 28.2 Å². The Kier molecular flexibility index (Phi) is 8.83. The Hall–Kier alpha value is -2.24. The van der Waals surface area contributed by atoms with Crippen LogP contribution in [0, 0.1) is 0 Å². The van der Waals surface area contributed by atoms with Crippen LogP contribution in [-0.2, 0) is 22.6 Å². The summed E-state index contributed by atoms with van der Waals surface area (Å²) in [6, 6.07) is 12.3. The van der Waals surface area contributed by atoms with Gasteiger partial charge >= 0.3 is 0 Å². The number of ether oxygens (including phenoxy) is 1. The van der Waals surface area contributed by atoms with Gasteiger partial charge in [-0.1, -0.05) is 61.2 Å². The van der Waals surface area contributed by atoms with Crippen LogP contribution in [0.25, 0.3) is 0 Å². The molecule has 0 heterocycles. The highest BCUT2D eigenvalue weighted by Crippen LogP contribution is 2.27. The highest BCUT2D eigenvalue weighted by atomic mass is 35.5. The minimum Gasteiger partial charge on any atom is -0.484 e. The van der Waals surface area contributed by atoms with E-state index in [0.29, 0.717) is 21.4 Å². The molecule has 1 atom stereocenters. The number of aryl methyl sites for hydroxylation is 1. The summed E-state index contributed by atoms with van der Waals surface area (Å²) in [6.45, 7) is 3.74. The second kappa shape index (κ2) is 11.6. The van der Waals surface area contributed by atoms with Gasteiger partial charge in [-0.25, -0.2) is 0 Å². The number of nitrogens with one attached hydrogen (secondary N) is 1. The summed E-state index contributed by atoms with van der Waals surface area (Å²) in [5, 5.41) is 3.98. The first-order valence-electron chi connectivity index (χ1n) is 11.1. The maximum Gasteiger partial charge on any atom is 0.261 e. The van der Waals surface area contributed by atoms with E-state index in [1.165, 1.54) is 10.5 Å². The summed E-state index contributed by atoms with van der Waals surface area (Å²) >= 11 is 12.7. The molecule has 1 fully saturated rings. The van der Waals surface area contributed by atoms with Crippen molar-refractivity contribution in [3.05, 3.63) is 63.6 Å². The molecule has 0 aromatic heterocycles. The number of amides is 2. The molecule has 0 unspecified atom stereocenters. The second-order valence-corrected chi connectivity index (χ2v) is 8.99. The van der Waals surface area contributed by atoms with Gasteiger partial charge in [0.2, 0.25) is 5.91 Å². The summed E-state index contributed by atoms with van der Waals surface area (Å²) < 4.78 is 5.72. The molecule has 172 valence electrons. The molecule has 0 bridgehead atoms.